The third kappa shape index (κ3) is 11.8. The minimum atomic E-state index is -0.431. The van der Waals surface area contributed by atoms with Crippen LogP contribution in [0.3, 0.4) is 0 Å². The first-order valence-electron chi connectivity index (χ1n) is 14.6. The SMILES string of the molecule is CCCCCCCCCCCCCCOc1ccc(C(=O)Oc2ccc(N=Nc3ccc(C#N)cc3)cc2)cc1. The summed E-state index contributed by atoms with van der Waals surface area (Å²) in [6.45, 7) is 2.96. The topological polar surface area (TPSA) is 84.0 Å². The van der Waals surface area contributed by atoms with Crippen LogP contribution in [-0.4, -0.2) is 12.6 Å². The summed E-state index contributed by atoms with van der Waals surface area (Å²) in [6.07, 6.45) is 15.8. The largest absolute Gasteiger partial charge is 0.494 e. The van der Waals surface area contributed by atoms with Gasteiger partial charge in [-0.2, -0.15) is 15.5 Å². The van der Waals surface area contributed by atoms with Crippen LogP contribution in [0.25, 0.3) is 0 Å². The Morgan fingerprint density at radius 3 is 1.65 bits per heavy atom. The van der Waals surface area contributed by atoms with Gasteiger partial charge in [0.05, 0.1) is 35.2 Å². The molecule has 210 valence electrons. The van der Waals surface area contributed by atoms with Gasteiger partial charge in [0.2, 0.25) is 0 Å². The zero-order chi connectivity index (χ0) is 28.3. The number of benzene rings is 3. The number of hydrogen-bond acceptors (Lipinski definition) is 6. The predicted molar refractivity (Wildman–Crippen MR) is 160 cm³/mol. The molecule has 0 saturated heterocycles. The third-order valence-electron chi connectivity index (χ3n) is 6.68. The highest BCUT2D eigenvalue weighted by atomic mass is 16.5. The molecule has 0 aliphatic rings. The predicted octanol–water partition coefficient (Wildman–Crippen LogP) is 10.3. The van der Waals surface area contributed by atoms with Gasteiger partial charge in [0.25, 0.3) is 0 Å². The summed E-state index contributed by atoms with van der Waals surface area (Å²) >= 11 is 0. The summed E-state index contributed by atoms with van der Waals surface area (Å²) in [5.74, 6) is 0.755. The van der Waals surface area contributed by atoms with E-state index in [0.29, 0.717) is 34.9 Å². The van der Waals surface area contributed by atoms with Crippen LogP contribution in [0.15, 0.2) is 83.0 Å². The Labute approximate surface area is 239 Å². The van der Waals surface area contributed by atoms with Crippen molar-refractivity contribution in [1.82, 2.24) is 0 Å². The normalized spacial score (nSPS) is 10.9. The maximum atomic E-state index is 12.5. The smallest absolute Gasteiger partial charge is 0.343 e. The average molecular weight is 540 g/mol. The van der Waals surface area contributed by atoms with Crippen molar-refractivity contribution in [2.24, 2.45) is 10.2 Å². The molecule has 0 heterocycles. The zero-order valence-electron chi connectivity index (χ0n) is 23.7. The molecule has 0 aliphatic carbocycles. The fourth-order valence-electron chi connectivity index (χ4n) is 4.29. The van der Waals surface area contributed by atoms with Crippen LogP contribution >= 0.6 is 0 Å². The summed E-state index contributed by atoms with van der Waals surface area (Å²) < 4.78 is 11.3. The van der Waals surface area contributed by atoms with Crippen LogP contribution in [0.4, 0.5) is 11.4 Å². The van der Waals surface area contributed by atoms with Crippen molar-refractivity contribution < 1.29 is 14.3 Å². The molecular formula is C34H41N3O3. The lowest BCUT2D eigenvalue weighted by Gasteiger charge is -2.08. The van der Waals surface area contributed by atoms with Crippen molar-refractivity contribution in [2.45, 2.75) is 84.0 Å². The molecule has 0 unspecified atom stereocenters. The molecule has 3 aromatic carbocycles. The fourth-order valence-corrected chi connectivity index (χ4v) is 4.29. The van der Waals surface area contributed by atoms with Crippen LogP contribution in [0.5, 0.6) is 11.5 Å². The second-order valence-corrected chi connectivity index (χ2v) is 10.0. The first-order chi connectivity index (χ1) is 19.7. The minimum Gasteiger partial charge on any atom is -0.494 e. The van der Waals surface area contributed by atoms with Crippen molar-refractivity contribution in [3.8, 4) is 17.6 Å². The number of carbonyl (C=O) groups excluding carboxylic acids is 1. The Kier molecular flexibility index (Phi) is 14.0. The van der Waals surface area contributed by atoms with Crippen LogP contribution in [0, 0.1) is 11.3 Å². The average Bonchev–Trinajstić information content (AvgIpc) is 2.99. The Hall–Kier alpha value is -3.98. The van der Waals surface area contributed by atoms with Gasteiger partial charge < -0.3 is 9.47 Å². The standard InChI is InChI=1S/C34H41N3O3/c1-2-3-4-5-6-7-8-9-10-11-12-13-26-39-32-22-16-29(17-23-32)34(38)40-33-24-20-31(21-25-33)37-36-30-18-14-28(27-35)15-19-30/h14-25H,2-13,26H2,1H3. The number of rotatable bonds is 18. The Morgan fingerprint density at radius 2 is 1.12 bits per heavy atom. The van der Waals surface area contributed by atoms with Gasteiger partial charge in [-0.1, -0.05) is 77.6 Å². The Balaban J connectivity index is 1.29. The van der Waals surface area contributed by atoms with Gasteiger partial charge >= 0.3 is 5.97 Å². The molecule has 3 rings (SSSR count). The number of esters is 1. The molecule has 0 aliphatic heterocycles. The monoisotopic (exact) mass is 539 g/mol. The van der Waals surface area contributed by atoms with E-state index >= 15 is 0 Å². The van der Waals surface area contributed by atoms with Crippen molar-refractivity contribution in [3.05, 3.63) is 83.9 Å². The molecule has 0 saturated carbocycles. The van der Waals surface area contributed by atoms with Crippen LogP contribution in [0.1, 0.15) is 99.9 Å². The molecule has 0 atom stereocenters. The number of nitriles is 1. The molecule has 0 N–H and O–H groups in total. The molecule has 40 heavy (non-hydrogen) atoms. The van der Waals surface area contributed by atoms with Gasteiger partial charge in [-0.15, -0.1) is 0 Å². The number of unbranched alkanes of at least 4 members (excludes halogenated alkanes) is 11. The van der Waals surface area contributed by atoms with E-state index in [0.717, 1.165) is 12.2 Å². The van der Waals surface area contributed by atoms with E-state index in [1.54, 1.807) is 60.7 Å². The molecule has 3 aromatic rings. The summed E-state index contributed by atoms with van der Waals surface area (Å²) in [4.78, 5) is 12.5. The third-order valence-corrected chi connectivity index (χ3v) is 6.68. The van der Waals surface area contributed by atoms with E-state index < -0.39 is 5.97 Å². The van der Waals surface area contributed by atoms with Gasteiger partial charge in [0.1, 0.15) is 11.5 Å². The van der Waals surface area contributed by atoms with E-state index in [2.05, 4.69) is 23.2 Å². The van der Waals surface area contributed by atoms with E-state index in [9.17, 15) is 4.79 Å². The molecule has 0 aromatic heterocycles. The molecule has 0 spiro atoms. The highest BCUT2D eigenvalue weighted by Crippen LogP contribution is 2.23. The number of azo groups is 1. The lowest BCUT2D eigenvalue weighted by atomic mass is 10.1. The van der Waals surface area contributed by atoms with Crippen molar-refractivity contribution >= 4 is 17.3 Å². The van der Waals surface area contributed by atoms with E-state index in [1.807, 2.05) is 12.1 Å². The van der Waals surface area contributed by atoms with Crippen molar-refractivity contribution in [3.63, 3.8) is 0 Å². The second-order valence-electron chi connectivity index (χ2n) is 10.0. The van der Waals surface area contributed by atoms with Crippen LogP contribution < -0.4 is 9.47 Å². The Bertz CT molecular complexity index is 1200. The van der Waals surface area contributed by atoms with E-state index in [-0.39, 0.29) is 0 Å². The number of nitrogens with zero attached hydrogens (tertiary/aromatic N) is 3. The minimum absolute atomic E-state index is 0.426. The molecule has 0 fully saturated rings. The summed E-state index contributed by atoms with van der Waals surface area (Å²) in [5.41, 5.74) is 2.30. The number of ether oxygens (including phenoxy) is 2. The number of carbonyl (C=O) groups is 1. The highest BCUT2D eigenvalue weighted by molar-refractivity contribution is 5.91. The maximum absolute atomic E-state index is 12.5. The first-order valence-corrected chi connectivity index (χ1v) is 14.6. The van der Waals surface area contributed by atoms with Gasteiger partial charge in [-0.25, -0.2) is 4.79 Å². The molecule has 0 radical (unpaired) electrons. The van der Waals surface area contributed by atoms with Gasteiger partial charge in [-0.3, -0.25) is 0 Å². The van der Waals surface area contributed by atoms with Crippen molar-refractivity contribution in [2.75, 3.05) is 6.61 Å². The molecule has 0 amide bonds. The summed E-state index contributed by atoms with van der Waals surface area (Å²) in [7, 11) is 0. The van der Waals surface area contributed by atoms with Gasteiger partial charge in [0, 0.05) is 0 Å². The fraction of sp³-hybridized carbons (Fsp3) is 0.412. The molecular weight excluding hydrogens is 498 g/mol. The zero-order valence-corrected chi connectivity index (χ0v) is 23.7. The van der Waals surface area contributed by atoms with Crippen molar-refractivity contribution in [1.29, 1.82) is 5.26 Å². The lowest BCUT2D eigenvalue weighted by molar-refractivity contribution is 0.0734. The van der Waals surface area contributed by atoms with Gasteiger partial charge in [0.15, 0.2) is 0 Å². The van der Waals surface area contributed by atoms with E-state index in [1.165, 1.54) is 70.6 Å². The molecule has 6 heteroatoms. The van der Waals surface area contributed by atoms with Crippen LogP contribution in [0.2, 0.25) is 0 Å². The first kappa shape index (κ1) is 30.6. The summed E-state index contributed by atoms with van der Waals surface area (Å²) in [6, 6.07) is 22.8. The maximum Gasteiger partial charge on any atom is 0.343 e. The van der Waals surface area contributed by atoms with Crippen LogP contribution in [-0.2, 0) is 0 Å². The second kappa shape index (κ2) is 18.3. The molecule has 0 bridgehead atoms. The Morgan fingerprint density at radius 1 is 0.650 bits per heavy atom. The quantitative estimate of drug-likeness (QED) is 0.0696. The molecule has 6 nitrogen and oxygen atoms in total. The summed E-state index contributed by atoms with van der Waals surface area (Å²) in [5, 5.41) is 17.2. The highest BCUT2D eigenvalue weighted by Gasteiger charge is 2.09. The van der Waals surface area contributed by atoms with E-state index in [4.69, 9.17) is 14.7 Å². The lowest BCUT2D eigenvalue weighted by Crippen LogP contribution is -2.08. The number of hydrogen-bond donors (Lipinski definition) is 0. The van der Waals surface area contributed by atoms with Gasteiger partial charge in [-0.05, 0) is 79.2 Å².